The van der Waals surface area contributed by atoms with Gasteiger partial charge in [0.2, 0.25) is 0 Å². The van der Waals surface area contributed by atoms with E-state index in [0.29, 0.717) is 5.02 Å². The molecule has 0 saturated carbocycles. The third kappa shape index (κ3) is 3.19. The molecular weight excluding hydrogens is 412 g/mol. The molecule has 0 amide bonds. The van der Waals surface area contributed by atoms with Gasteiger partial charge in [0.15, 0.2) is 5.58 Å². The van der Waals surface area contributed by atoms with E-state index in [1.165, 1.54) is 22.3 Å². The summed E-state index contributed by atoms with van der Waals surface area (Å²) in [6, 6.07) is 40.0. The van der Waals surface area contributed by atoms with E-state index in [1.807, 2.05) is 12.1 Å². The van der Waals surface area contributed by atoms with E-state index in [4.69, 9.17) is 16.0 Å². The van der Waals surface area contributed by atoms with Crippen molar-refractivity contribution in [2.75, 3.05) is 0 Å². The van der Waals surface area contributed by atoms with Crippen LogP contribution in [0, 0.1) is 0 Å². The number of halogens is 1. The van der Waals surface area contributed by atoms with E-state index in [2.05, 4.69) is 103 Å². The van der Waals surface area contributed by atoms with Crippen molar-refractivity contribution < 1.29 is 4.42 Å². The van der Waals surface area contributed by atoms with Crippen molar-refractivity contribution in [1.82, 2.24) is 0 Å². The van der Waals surface area contributed by atoms with E-state index in [9.17, 15) is 0 Å². The molecule has 2 heteroatoms. The van der Waals surface area contributed by atoms with Crippen LogP contribution in [-0.2, 0) is 0 Å². The number of para-hydroxylation sites is 1. The summed E-state index contributed by atoms with van der Waals surface area (Å²) in [4.78, 5) is 0. The second-order valence-corrected chi connectivity index (χ2v) is 8.33. The first-order chi connectivity index (χ1) is 15.8. The zero-order chi connectivity index (χ0) is 21.5. The maximum absolute atomic E-state index is 6.36. The fraction of sp³-hybridized carbons (Fsp3) is 0. The van der Waals surface area contributed by atoms with Crippen LogP contribution < -0.4 is 0 Å². The summed E-state index contributed by atoms with van der Waals surface area (Å²) in [5.74, 6) is 0. The molecule has 0 radical (unpaired) electrons. The smallest absolute Gasteiger partial charge is 0.153 e. The summed E-state index contributed by atoms with van der Waals surface area (Å²) < 4.78 is 6.12. The number of fused-ring (bicyclic) bond motifs is 3. The molecule has 0 aliphatic heterocycles. The number of hydrogen-bond acceptors (Lipinski definition) is 1. The summed E-state index contributed by atoms with van der Waals surface area (Å²) in [6.45, 7) is 0. The Balaban J connectivity index is 1.54. The van der Waals surface area contributed by atoms with Gasteiger partial charge in [-0.15, -0.1) is 0 Å². The van der Waals surface area contributed by atoms with Gasteiger partial charge in [0.1, 0.15) is 5.58 Å². The lowest BCUT2D eigenvalue weighted by molar-refractivity contribution is 0.669. The minimum absolute atomic E-state index is 0.638. The zero-order valence-electron chi connectivity index (χ0n) is 17.3. The van der Waals surface area contributed by atoms with Crippen molar-refractivity contribution in [3.8, 4) is 33.4 Å². The average Bonchev–Trinajstić information content (AvgIpc) is 3.24. The summed E-state index contributed by atoms with van der Waals surface area (Å²) in [6.07, 6.45) is 0. The van der Waals surface area contributed by atoms with E-state index in [1.54, 1.807) is 0 Å². The summed E-state index contributed by atoms with van der Waals surface area (Å²) in [7, 11) is 0. The highest BCUT2D eigenvalue weighted by atomic mass is 35.5. The van der Waals surface area contributed by atoms with Gasteiger partial charge in [0, 0.05) is 10.8 Å². The van der Waals surface area contributed by atoms with Crippen LogP contribution in [0.2, 0.25) is 5.02 Å². The molecule has 0 unspecified atom stereocenters. The molecule has 0 fully saturated rings. The van der Waals surface area contributed by atoms with E-state index in [0.717, 1.165) is 33.1 Å². The van der Waals surface area contributed by atoms with Crippen LogP contribution in [0.4, 0.5) is 0 Å². The molecule has 152 valence electrons. The lowest BCUT2D eigenvalue weighted by Gasteiger charge is -2.13. The van der Waals surface area contributed by atoms with Crippen LogP contribution in [0.25, 0.3) is 55.3 Å². The maximum atomic E-state index is 6.36. The van der Waals surface area contributed by atoms with Crippen LogP contribution in [0.3, 0.4) is 0 Å². The zero-order valence-corrected chi connectivity index (χ0v) is 18.0. The van der Waals surface area contributed by atoms with Gasteiger partial charge < -0.3 is 4.42 Å². The van der Waals surface area contributed by atoms with Gasteiger partial charge in [-0.2, -0.15) is 0 Å². The van der Waals surface area contributed by atoms with Gasteiger partial charge in [-0.25, -0.2) is 0 Å². The van der Waals surface area contributed by atoms with E-state index >= 15 is 0 Å². The van der Waals surface area contributed by atoms with Crippen LogP contribution >= 0.6 is 11.6 Å². The average molecular weight is 431 g/mol. The summed E-state index contributed by atoms with van der Waals surface area (Å²) in [5, 5.41) is 2.76. The van der Waals surface area contributed by atoms with Crippen molar-refractivity contribution in [3.63, 3.8) is 0 Å². The van der Waals surface area contributed by atoms with Gasteiger partial charge >= 0.3 is 0 Å². The van der Waals surface area contributed by atoms with Crippen LogP contribution in [0.15, 0.2) is 120 Å². The Kier molecular flexibility index (Phi) is 4.56. The second-order valence-electron chi connectivity index (χ2n) is 7.92. The predicted octanol–water partition coefficient (Wildman–Crippen LogP) is 9.24. The first-order valence-electron chi connectivity index (χ1n) is 10.6. The van der Waals surface area contributed by atoms with Gasteiger partial charge in [-0.3, -0.25) is 0 Å². The Bertz CT molecular complexity index is 1560. The number of benzene rings is 5. The molecule has 0 bridgehead atoms. The Hall–Kier alpha value is -3.81. The first kappa shape index (κ1) is 18.9. The molecule has 0 atom stereocenters. The maximum Gasteiger partial charge on any atom is 0.153 e. The Morgan fingerprint density at radius 1 is 0.469 bits per heavy atom. The van der Waals surface area contributed by atoms with Crippen LogP contribution in [0.1, 0.15) is 0 Å². The van der Waals surface area contributed by atoms with Crippen molar-refractivity contribution in [2.45, 2.75) is 0 Å². The van der Waals surface area contributed by atoms with E-state index in [-0.39, 0.29) is 0 Å². The minimum atomic E-state index is 0.638. The third-order valence-electron chi connectivity index (χ3n) is 5.97. The number of hydrogen-bond donors (Lipinski definition) is 0. The highest BCUT2D eigenvalue weighted by Crippen LogP contribution is 2.38. The van der Waals surface area contributed by atoms with E-state index < -0.39 is 0 Å². The molecule has 5 aromatic carbocycles. The van der Waals surface area contributed by atoms with Crippen molar-refractivity contribution in [1.29, 1.82) is 0 Å². The Labute approximate surface area is 191 Å². The summed E-state index contributed by atoms with van der Waals surface area (Å²) >= 11 is 6.36. The molecule has 1 nitrogen and oxygen atoms in total. The topological polar surface area (TPSA) is 13.1 Å². The molecule has 0 spiro atoms. The van der Waals surface area contributed by atoms with Crippen molar-refractivity contribution in [2.24, 2.45) is 0 Å². The molecular formula is C30H19ClO. The SMILES string of the molecule is Clc1cccc2c1oc1cc(-c3ccc(-c4ccccc4)c(-c4ccccc4)c3)ccc12. The Morgan fingerprint density at radius 2 is 1.12 bits per heavy atom. The summed E-state index contributed by atoms with van der Waals surface area (Å²) in [5.41, 5.74) is 8.69. The molecule has 1 aromatic heterocycles. The van der Waals surface area contributed by atoms with Crippen molar-refractivity contribution in [3.05, 3.63) is 120 Å². The molecule has 32 heavy (non-hydrogen) atoms. The molecule has 0 N–H and O–H groups in total. The quantitative estimate of drug-likeness (QED) is 0.272. The van der Waals surface area contributed by atoms with Crippen LogP contribution in [0.5, 0.6) is 0 Å². The standard InChI is InChI=1S/C30H19ClO/c31-28-13-7-12-26-25-17-15-23(19-29(25)32-30(26)28)22-14-16-24(20-8-3-1-4-9-20)27(18-22)21-10-5-2-6-11-21/h1-19H. The van der Waals surface area contributed by atoms with Gasteiger partial charge in [0.25, 0.3) is 0 Å². The largest absolute Gasteiger partial charge is 0.454 e. The van der Waals surface area contributed by atoms with Gasteiger partial charge in [-0.05, 0) is 57.6 Å². The lowest BCUT2D eigenvalue weighted by Crippen LogP contribution is -1.87. The Morgan fingerprint density at radius 3 is 1.88 bits per heavy atom. The highest BCUT2D eigenvalue weighted by molar-refractivity contribution is 6.35. The monoisotopic (exact) mass is 430 g/mol. The first-order valence-corrected chi connectivity index (χ1v) is 11.0. The highest BCUT2D eigenvalue weighted by Gasteiger charge is 2.13. The van der Waals surface area contributed by atoms with Gasteiger partial charge in [-0.1, -0.05) is 103 Å². The fourth-order valence-electron chi connectivity index (χ4n) is 4.39. The molecule has 1 heterocycles. The minimum Gasteiger partial charge on any atom is -0.454 e. The predicted molar refractivity (Wildman–Crippen MR) is 135 cm³/mol. The van der Waals surface area contributed by atoms with Crippen molar-refractivity contribution >= 4 is 33.5 Å². The number of rotatable bonds is 3. The molecule has 6 aromatic rings. The molecule has 0 aliphatic rings. The normalized spacial score (nSPS) is 11.3. The number of furan rings is 1. The van der Waals surface area contributed by atoms with Crippen LogP contribution in [-0.4, -0.2) is 0 Å². The van der Waals surface area contributed by atoms with Gasteiger partial charge in [0.05, 0.1) is 5.02 Å². The third-order valence-corrected chi connectivity index (χ3v) is 6.27. The molecule has 0 saturated heterocycles. The lowest BCUT2D eigenvalue weighted by atomic mass is 9.91. The fourth-order valence-corrected chi connectivity index (χ4v) is 4.61. The molecule has 0 aliphatic carbocycles. The second kappa shape index (κ2) is 7.71. The molecule has 6 rings (SSSR count).